The second-order valence-electron chi connectivity index (χ2n) is 4.13. The number of nitrogens with zero attached hydrogens (tertiary/aromatic N) is 2. The quantitative estimate of drug-likeness (QED) is 0.450. The van der Waals surface area contributed by atoms with E-state index in [0.717, 1.165) is 25.7 Å². The standard InChI is InChI=1S/C11H13ClN2O2/c12-10-7-6-9(14(15)16)11(13-10)8-4-2-1-3-5-8/h6-8H,1-5H2. The van der Waals surface area contributed by atoms with Gasteiger partial charge >= 0.3 is 0 Å². The van der Waals surface area contributed by atoms with Crippen LogP contribution in [-0.4, -0.2) is 9.91 Å². The summed E-state index contributed by atoms with van der Waals surface area (Å²) in [7, 11) is 0. The first kappa shape index (κ1) is 11.3. The van der Waals surface area contributed by atoms with Crippen LogP contribution in [0.2, 0.25) is 5.15 Å². The van der Waals surface area contributed by atoms with Gasteiger partial charge < -0.3 is 0 Å². The second kappa shape index (κ2) is 4.78. The van der Waals surface area contributed by atoms with Gasteiger partial charge in [0, 0.05) is 12.0 Å². The lowest BCUT2D eigenvalue weighted by atomic mass is 9.86. The third kappa shape index (κ3) is 2.32. The number of nitro groups is 1. The maximum Gasteiger partial charge on any atom is 0.291 e. The highest BCUT2D eigenvalue weighted by atomic mass is 35.5. The van der Waals surface area contributed by atoms with Gasteiger partial charge in [0.2, 0.25) is 0 Å². The minimum atomic E-state index is -0.368. The van der Waals surface area contributed by atoms with Crippen LogP contribution in [0.4, 0.5) is 5.69 Å². The van der Waals surface area contributed by atoms with E-state index < -0.39 is 0 Å². The van der Waals surface area contributed by atoms with Crippen LogP contribution in [0.15, 0.2) is 12.1 Å². The molecule has 0 saturated heterocycles. The molecule has 16 heavy (non-hydrogen) atoms. The lowest BCUT2D eigenvalue weighted by Crippen LogP contribution is -2.09. The average Bonchev–Trinajstić information content (AvgIpc) is 2.29. The largest absolute Gasteiger partial charge is 0.291 e. The molecule has 1 aromatic heterocycles. The van der Waals surface area contributed by atoms with E-state index in [1.54, 1.807) is 0 Å². The summed E-state index contributed by atoms with van der Waals surface area (Å²) >= 11 is 5.81. The maximum atomic E-state index is 10.9. The van der Waals surface area contributed by atoms with Crippen molar-refractivity contribution in [3.8, 4) is 0 Å². The minimum absolute atomic E-state index is 0.108. The summed E-state index contributed by atoms with van der Waals surface area (Å²) < 4.78 is 0. The van der Waals surface area contributed by atoms with E-state index >= 15 is 0 Å². The van der Waals surface area contributed by atoms with E-state index in [1.165, 1.54) is 18.6 Å². The molecule has 1 aliphatic rings. The van der Waals surface area contributed by atoms with Gasteiger partial charge in [-0.1, -0.05) is 30.9 Å². The van der Waals surface area contributed by atoms with Crippen LogP contribution >= 0.6 is 11.6 Å². The molecule has 2 rings (SSSR count). The van der Waals surface area contributed by atoms with Gasteiger partial charge in [0.1, 0.15) is 10.8 Å². The van der Waals surface area contributed by atoms with Gasteiger partial charge in [0.05, 0.1) is 4.92 Å². The Balaban J connectivity index is 2.36. The van der Waals surface area contributed by atoms with Crippen molar-refractivity contribution in [1.82, 2.24) is 4.98 Å². The highest BCUT2D eigenvalue weighted by molar-refractivity contribution is 6.29. The van der Waals surface area contributed by atoms with Crippen LogP contribution in [0.3, 0.4) is 0 Å². The van der Waals surface area contributed by atoms with E-state index in [2.05, 4.69) is 4.98 Å². The number of pyridine rings is 1. The smallest absolute Gasteiger partial charge is 0.258 e. The molecule has 0 amide bonds. The van der Waals surface area contributed by atoms with Crippen LogP contribution < -0.4 is 0 Å². The van der Waals surface area contributed by atoms with Gasteiger partial charge in [-0.15, -0.1) is 0 Å². The van der Waals surface area contributed by atoms with Gasteiger partial charge in [-0.25, -0.2) is 4.98 Å². The summed E-state index contributed by atoms with van der Waals surface area (Å²) in [5, 5.41) is 11.2. The Bertz CT molecular complexity index is 403. The fraction of sp³-hybridized carbons (Fsp3) is 0.545. The van der Waals surface area contributed by atoms with Crippen molar-refractivity contribution >= 4 is 17.3 Å². The highest BCUT2D eigenvalue weighted by Crippen LogP contribution is 2.36. The number of hydrogen-bond donors (Lipinski definition) is 0. The molecular formula is C11H13ClN2O2. The summed E-state index contributed by atoms with van der Waals surface area (Å²) in [5.41, 5.74) is 0.675. The van der Waals surface area contributed by atoms with Crippen LogP contribution in [0, 0.1) is 10.1 Å². The fourth-order valence-corrected chi connectivity index (χ4v) is 2.43. The summed E-state index contributed by atoms with van der Waals surface area (Å²) in [6.45, 7) is 0. The maximum absolute atomic E-state index is 10.9. The van der Waals surface area contributed by atoms with Gasteiger partial charge in [0.15, 0.2) is 0 Å². The molecular weight excluding hydrogens is 228 g/mol. The number of halogens is 1. The van der Waals surface area contributed by atoms with E-state index in [9.17, 15) is 10.1 Å². The highest BCUT2D eigenvalue weighted by Gasteiger charge is 2.25. The van der Waals surface area contributed by atoms with Gasteiger partial charge in [-0.05, 0) is 18.9 Å². The molecule has 0 radical (unpaired) electrons. The Morgan fingerprint density at radius 2 is 2.00 bits per heavy atom. The second-order valence-corrected chi connectivity index (χ2v) is 4.52. The minimum Gasteiger partial charge on any atom is -0.258 e. The normalized spacial score (nSPS) is 17.3. The van der Waals surface area contributed by atoms with E-state index in [0.29, 0.717) is 10.8 Å². The Kier molecular flexibility index (Phi) is 3.39. The summed E-state index contributed by atoms with van der Waals surface area (Å²) in [6, 6.07) is 2.94. The number of hydrogen-bond acceptors (Lipinski definition) is 3. The van der Waals surface area contributed by atoms with Crippen molar-refractivity contribution in [1.29, 1.82) is 0 Å². The summed E-state index contributed by atoms with van der Waals surface area (Å²) in [5.74, 6) is 0.202. The molecule has 0 unspecified atom stereocenters. The zero-order valence-corrected chi connectivity index (χ0v) is 9.61. The first-order chi connectivity index (χ1) is 7.68. The van der Waals surface area contributed by atoms with Gasteiger partial charge in [0.25, 0.3) is 5.69 Å². The molecule has 1 saturated carbocycles. The first-order valence-corrected chi connectivity index (χ1v) is 5.87. The molecule has 1 aliphatic carbocycles. The van der Waals surface area contributed by atoms with Crippen molar-refractivity contribution in [3.05, 3.63) is 33.1 Å². The molecule has 4 nitrogen and oxygen atoms in total. The van der Waals surface area contributed by atoms with Crippen LogP contribution in [0.1, 0.15) is 43.7 Å². The van der Waals surface area contributed by atoms with Gasteiger partial charge in [-0.2, -0.15) is 0 Å². The average molecular weight is 241 g/mol. The molecule has 0 spiro atoms. The van der Waals surface area contributed by atoms with Crippen LogP contribution in [0.5, 0.6) is 0 Å². The lowest BCUT2D eigenvalue weighted by molar-refractivity contribution is -0.386. The predicted octanol–water partition coefficient (Wildman–Crippen LogP) is 3.69. The molecule has 0 aromatic carbocycles. The van der Waals surface area contributed by atoms with Crippen molar-refractivity contribution in [2.24, 2.45) is 0 Å². The molecule has 1 fully saturated rings. The Hall–Kier alpha value is -1.16. The summed E-state index contributed by atoms with van der Waals surface area (Å²) in [6.07, 6.45) is 5.42. The summed E-state index contributed by atoms with van der Waals surface area (Å²) in [4.78, 5) is 14.7. The van der Waals surface area contributed by atoms with Crippen molar-refractivity contribution < 1.29 is 4.92 Å². The van der Waals surface area contributed by atoms with Gasteiger partial charge in [-0.3, -0.25) is 10.1 Å². The Morgan fingerprint density at radius 3 is 2.62 bits per heavy atom. The lowest BCUT2D eigenvalue weighted by Gasteiger charge is -2.20. The molecule has 0 N–H and O–H groups in total. The van der Waals surface area contributed by atoms with E-state index in [1.807, 2.05) is 0 Å². The van der Waals surface area contributed by atoms with Crippen molar-refractivity contribution in [2.45, 2.75) is 38.0 Å². The zero-order valence-electron chi connectivity index (χ0n) is 8.86. The molecule has 0 bridgehead atoms. The van der Waals surface area contributed by atoms with Crippen molar-refractivity contribution in [3.63, 3.8) is 0 Å². The molecule has 1 heterocycles. The molecule has 0 aliphatic heterocycles. The first-order valence-electron chi connectivity index (χ1n) is 5.49. The monoisotopic (exact) mass is 240 g/mol. The predicted molar refractivity (Wildman–Crippen MR) is 61.7 cm³/mol. The molecule has 5 heteroatoms. The topological polar surface area (TPSA) is 56.0 Å². The molecule has 0 atom stereocenters. The number of rotatable bonds is 2. The van der Waals surface area contributed by atoms with E-state index in [-0.39, 0.29) is 16.5 Å². The van der Waals surface area contributed by atoms with Crippen LogP contribution in [-0.2, 0) is 0 Å². The third-order valence-electron chi connectivity index (χ3n) is 3.06. The Labute approximate surface area is 98.8 Å². The zero-order chi connectivity index (χ0) is 11.5. The van der Waals surface area contributed by atoms with Crippen molar-refractivity contribution in [2.75, 3.05) is 0 Å². The SMILES string of the molecule is O=[N+]([O-])c1ccc(Cl)nc1C1CCCCC1. The number of aromatic nitrogens is 1. The van der Waals surface area contributed by atoms with Crippen LogP contribution in [0.25, 0.3) is 0 Å². The Morgan fingerprint density at radius 1 is 1.31 bits per heavy atom. The van der Waals surface area contributed by atoms with E-state index in [4.69, 9.17) is 11.6 Å². The molecule has 1 aromatic rings. The third-order valence-corrected chi connectivity index (χ3v) is 3.27. The fourth-order valence-electron chi connectivity index (χ4n) is 2.27. The molecule has 86 valence electrons.